The molecule has 6 nitrogen and oxygen atoms in total. The molecule has 108 valence electrons. The van der Waals surface area contributed by atoms with E-state index in [0.717, 1.165) is 3.79 Å². The number of anilines is 2. The lowest BCUT2D eigenvalue weighted by Gasteiger charge is -2.10. The van der Waals surface area contributed by atoms with E-state index in [1.165, 1.54) is 4.88 Å². The fourth-order valence-electron chi connectivity index (χ4n) is 1.42. The lowest BCUT2D eigenvalue weighted by molar-refractivity contribution is 0.222. The molecule has 2 rings (SSSR count). The van der Waals surface area contributed by atoms with E-state index >= 15 is 0 Å². The normalized spacial score (nSPS) is 10.7. The topological polar surface area (TPSA) is 72.0 Å². The molecule has 0 aliphatic carbocycles. The molecule has 0 atom stereocenters. The first kappa shape index (κ1) is 15.0. The minimum Gasteiger partial charge on any atom is -0.461 e. The van der Waals surface area contributed by atoms with Crippen molar-refractivity contribution < 1.29 is 4.74 Å². The number of ether oxygens (including phenoxy) is 1. The van der Waals surface area contributed by atoms with Crippen LogP contribution in [-0.2, 0) is 6.54 Å². The first-order valence-electron chi connectivity index (χ1n) is 6.15. The molecule has 2 aromatic heterocycles. The molecule has 0 aliphatic rings. The number of thiophene rings is 1. The largest absolute Gasteiger partial charge is 0.461 e. The van der Waals surface area contributed by atoms with Gasteiger partial charge in [-0.25, -0.2) is 0 Å². The molecule has 20 heavy (non-hydrogen) atoms. The van der Waals surface area contributed by atoms with Gasteiger partial charge in [0.05, 0.1) is 16.4 Å². The molecule has 0 bridgehead atoms. The van der Waals surface area contributed by atoms with Crippen LogP contribution in [0.1, 0.15) is 18.7 Å². The van der Waals surface area contributed by atoms with Crippen LogP contribution in [0.3, 0.4) is 0 Å². The summed E-state index contributed by atoms with van der Waals surface area (Å²) in [5, 5.41) is 6.07. The molecule has 0 radical (unpaired) electrons. The van der Waals surface area contributed by atoms with Gasteiger partial charge in [0.2, 0.25) is 11.9 Å². The summed E-state index contributed by atoms with van der Waals surface area (Å²) in [4.78, 5) is 13.8. The second-order valence-electron chi connectivity index (χ2n) is 4.24. The molecule has 0 spiro atoms. The van der Waals surface area contributed by atoms with Crippen LogP contribution in [0.15, 0.2) is 15.9 Å². The Balaban J connectivity index is 2.09. The molecule has 2 heterocycles. The summed E-state index contributed by atoms with van der Waals surface area (Å²) < 4.78 is 6.61. The maximum absolute atomic E-state index is 5.51. The Kier molecular flexibility index (Phi) is 5.13. The van der Waals surface area contributed by atoms with E-state index in [-0.39, 0.29) is 6.10 Å². The molecule has 2 N–H and O–H groups in total. The van der Waals surface area contributed by atoms with Crippen molar-refractivity contribution in [1.82, 2.24) is 15.0 Å². The second-order valence-corrected chi connectivity index (χ2v) is 6.79. The van der Waals surface area contributed by atoms with Crippen molar-refractivity contribution in [3.8, 4) is 6.01 Å². The maximum atomic E-state index is 5.51. The van der Waals surface area contributed by atoms with Gasteiger partial charge < -0.3 is 15.4 Å². The summed E-state index contributed by atoms with van der Waals surface area (Å²) >= 11 is 5.11. The molecule has 0 fully saturated rings. The SMILES string of the molecule is CNc1nc(NCc2ccc(Br)s2)nc(OC(C)C)n1. The van der Waals surface area contributed by atoms with Crippen molar-refractivity contribution in [2.24, 2.45) is 0 Å². The van der Waals surface area contributed by atoms with Gasteiger partial charge in [0.15, 0.2) is 0 Å². The van der Waals surface area contributed by atoms with Crippen LogP contribution < -0.4 is 15.4 Å². The average molecular weight is 358 g/mol. The van der Waals surface area contributed by atoms with Crippen LogP contribution in [-0.4, -0.2) is 28.1 Å². The molecule has 8 heteroatoms. The summed E-state index contributed by atoms with van der Waals surface area (Å²) in [6, 6.07) is 4.38. The molecule has 0 aliphatic heterocycles. The predicted octanol–water partition coefficient (Wildman–Crippen LogP) is 3.14. The highest BCUT2D eigenvalue weighted by atomic mass is 79.9. The van der Waals surface area contributed by atoms with Gasteiger partial charge in [-0.3, -0.25) is 0 Å². The van der Waals surface area contributed by atoms with E-state index in [2.05, 4.69) is 41.5 Å². The summed E-state index contributed by atoms with van der Waals surface area (Å²) in [5.74, 6) is 0.968. The second kappa shape index (κ2) is 6.85. The van der Waals surface area contributed by atoms with E-state index in [1.54, 1.807) is 18.4 Å². The van der Waals surface area contributed by atoms with Crippen molar-refractivity contribution in [3.63, 3.8) is 0 Å². The van der Waals surface area contributed by atoms with Crippen molar-refractivity contribution in [1.29, 1.82) is 0 Å². The number of nitrogens with one attached hydrogen (secondary N) is 2. The summed E-state index contributed by atoms with van der Waals surface area (Å²) in [5.41, 5.74) is 0. The fraction of sp³-hybridized carbons (Fsp3) is 0.417. The summed E-state index contributed by atoms with van der Waals surface area (Å²) in [6.45, 7) is 4.52. The Bertz CT molecular complexity index is 575. The number of aromatic nitrogens is 3. The van der Waals surface area contributed by atoms with Gasteiger partial charge in [-0.05, 0) is 41.9 Å². The Morgan fingerprint density at radius 3 is 2.60 bits per heavy atom. The van der Waals surface area contributed by atoms with Gasteiger partial charge in [-0.1, -0.05) is 0 Å². The summed E-state index contributed by atoms with van der Waals surface area (Å²) in [6.07, 6.45) is 0.0169. The maximum Gasteiger partial charge on any atom is 0.323 e. The van der Waals surface area contributed by atoms with Crippen molar-refractivity contribution >= 4 is 39.2 Å². The van der Waals surface area contributed by atoms with E-state index < -0.39 is 0 Å². The molecule has 0 aromatic carbocycles. The molecule has 0 amide bonds. The lowest BCUT2D eigenvalue weighted by atomic mass is 10.5. The molecule has 0 unspecified atom stereocenters. The van der Waals surface area contributed by atoms with Crippen molar-refractivity contribution in [2.45, 2.75) is 26.5 Å². The zero-order valence-corrected chi connectivity index (χ0v) is 13.9. The predicted molar refractivity (Wildman–Crippen MR) is 84.5 cm³/mol. The van der Waals surface area contributed by atoms with Crippen LogP contribution in [0.4, 0.5) is 11.9 Å². The number of hydrogen-bond acceptors (Lipinski definition) is 7. The smallest absolute Gasteiger partial charge is 0.323 e. The molecule has 0 saturated heterocycles. The van der Waals surface area contributed by atoms with Crippen molar-refractivity contribution in [3.05, 3.63) is 20.8 Å². The van der Waals surface area contributed by atoms with Crippen LogP contribution in [0.5, 0.6) is 6.01 Å². The third kappa shape index (κ3) is 4.31. The van der Waals surface area contributed by atoms with Gasteiger partial charge in [-0.2, -0.15) is 15.0 Å². The van der Waals surface area contributed by atoms with Crippen LogP contribution in [0.2, 0.25) is 0 Å². The molecular formula is C12H16BrN5OS. The molecule has 0 saturated carbocycles. The third-order valence-electron chi connectivity index (χ3n) is 2.23. The zero-order chi connectivity index (χ0) is 14.5. The zero-order valence-electron chi connectivity index (χ0n) is 11.5. The number of nitrogens with zero attached hydrogens (tertiary/aromatic N) is 3. The first-order chi connectivity index (χ1) is 9.56. The number of rotatable bonds is 6. The van der Waals surface area contributed by atoms with E-state index in [9.17, 15) is 0 Å². The third-order valence-corrected chi connectivity index (χ3v) is 3.85. The van der Waals surface area contributed by atoms with Gasteiger partial charge in [-0.15, -0.1) is 11.3 Å². The Morgan fingerprint density at radius 1 is 1.25 bits per heavy atom. The van der Waals surface area contributed by atoms with E-state index in [0.29, 0.717) is 24.5 Å². The molecular weight excluding hydrogens is 342 g/mol. The Labute approximate surface area is 130 Å². The van der Waals surface area contributed by atoms with E-state index in [4.69, 9.17) is 4.74 Å². The average Bonchev–Trinajstić information content (AvgIpc) is 2.81. The minimum atomic E-state index is 0.0169. The van der Waals surface area contributed by atoms with E-state index in [1.807, 2.05) is 26.0 Å². The monoisotopic (exact) mass is 357 g/mol. The Morgan fingerprint density at radius 2 is 2.00 bits per heavy atom. The first-order valence-corrected chi connectivity index (χ1v) is 7.76. The lowest BCUT2D eigenvalue weighted by Crippen LogP contribution is -2.12. The minimum absolute atomic E-state index is 0.0169. The summed E-state index contributed by atoms with van der Waals surface area (Å²) in [7, 11) is 1.76. The molecule has 2 aromatic rings. The standard InChI is InChI=1S/C12H16BrN5OS/c1-7(2)19-12-17-10(14-3)16-11(18-12)15-6-8-4-5-9(13)20-8/h4-5,7H,6H2,1-3H3,(H2,14,15,16,17,18). The van der Waals surface area contributed by atoms with Gasteiger partial charge in [0.25, 0.3) is 0 Å². The highest BCUT2D eigenvalue weighted by molar-refractivity contribution is 9.11. The van der Waals surface area contributed by atoms with Gasteiger partial charge >= 0.3 is 6.01 Å². The fourth-order valence-corrected chi connectivity index (χ4v) is 2.85. The van der Waals surface area contributed by atoms with Crippen LogP contribution >= 0.6 is 27.3 Å². The van der Waals surface area contributed by atoms with Crippen LogP contribution in [0, 0.1) is 0 Å². The number of hydrogen-bond donors (Lipinski definition) is 2. The Hall–Kier alpha value is -1.41. The van der Waals surface area contributed by atoms with Crippen molar-refractivity contribution in [2.75, 3.05) is 17.7 Å². The van der Waals surface area contributed by atoms with Gasteiger partial charge in [0.1, 0.15) is 0 Å². The quantitative estimate of drug-likeness (QED) is 0.827. The van der Waals surface area contributed by atoms with Crippen LogP contribution in [0.25, 0.3) is 0 Å². The highest BCUT2D eigenvalue weighted by Crippen LogP contribution is 2.22. The van der Waals surface area contributed by atoms with Gasteiger partial charge in [0, 0.05) is 11.9 Å². The highest BCUT2D eigenvalue weighted by Gasteiger charge is 2.08. The number of halogens is 1.